The molecule has 14 heavy (non-hydrogen) atoms. The van der Waals surface area contributed by atoms with Crippen molar-refractivity contribution in [3.63, 3.8) is 0 Å². The van der Waals surface area contributed by atoms with Crippen molar-refractivity contribution in [1.29, 1.82) is 0 Å². The number of H-pyrrole nitrogens is 1. The van der Waals surface area contributed by atoms with Gasteiger partial charge in [-0.05, 0) is 18.8 Å². The first-order chi connectivity index (χ1) is 6.57. The molecule has 0 saturated carbocycles. The third-order valence-corrected chi connectivity index (χ3v) is 2.53. The summed E-state index contributed by atoms with van der Waals surface area (Å²) in [5.74, 6) is 0.399. The second-order valence-electron chi connectivity index (χ2n) is 4.13. The molecule has 0 amide bonds. The predicted molar refractivity (Wildman–Crippen MR) is 58.7 cm³/mol. The maximum Gasteiger partial charge on any atom is 0.269 e. The van der Waals surface area contributed by atoms with Gasteiger partial charge in [0, 0.05) is 18.3 Å². The van der Waals surface area contributed by atoms with Crippen molar-refractivity contribution in [2.24, 2.45) is 7.05 Å². The molecule has 0 spiro atoms. The first-order valence-electron chi connectivity index (χ1n) is 5.35. The molecule has 0 saturated heterocycles. The molecular weight excluding hydrogens is 176 g/mol. The fourth-order valence-corrected chi connectivity index (χ4v) is 1.69. The lowest BCUT2D eigenvalue weighted by Gasteiger charge is -2.04. The molecule has 0 unspecified atom stereocenters. The zero-order valence-electron chi connectivity index (χ0n) is 9.55. The van der Waals surface area contributed by atoms with Crippen molar-refractivity contribution < 1.29 is 0 Å². The van der Waals surface area contributed by atoms with E-state index in [2.05, 4.69) is 25.9 Å². The molecule has 1 rings (SSSR count). The van der Waals surface area contributed by atoms with Gasteiger partial charge in [0.1, 0.15) is 0 Å². The quantitative estimate of drug-likeness (QED) is 0.787. The maximum atomic E-state index is 11.7. The van der Waals surface area contributed by atoms with Crippen LogP contribution in [0.3, 0.4) is 0 Å². The van der Waals surface area contributed by atoms with Gasteiger partial charge in [0.25, 0.3) is 5.56 Å². The zero-order chi connectivity index (χ0) is 10.7. The Bertz CT molecular complexity index is 347. The topological polar surface area (TPSA) is 37.8 Å². The first-order valence-corrected chi connectivity index (χ1v) is 5.35. The summed E-state index contributed by atoms with van der Waals surface area (Å²) >= 11 is 0. The third kappa shape index (κ3) is 2.08. The van der Waals surface area contributed by atoms with E-state index in [1.54, 1.807) is 11.7 Å². The van der Waals surface area contributed by atoms with Crippen molar-refractivity contribution in [3.8, 4) is 0 Å². The van der Waals surface area contributed by atoms with Crippen LogP contribution in [0.1, 0.15) is 50.8 Å². The molecule has 3 heteroatoms. The van der Waals surface area contributed by atoms with E-state index in [1.807, 2.05) is 0 Å². The molecule has 0 radical (unpaired) electrons. The SMILES string of the molecule is CCCCc1c(C(C)C)[nH]n(C)c1=O. The van der Waals surface area contributed by atoms with Gasteiger partial charge in [-0.15, -0.1) is 0 Å². The van der Waals surface area contributed by atoms with Gasteiger partial charge < -0.3 is 0 Å². The number of nitrogens with one attached hydrogen (secondary N) is 1. The second-order valence-corrected chi connectivity index (χ2v) is 4.13. The highest BCUT2D eigenvalue weighted by Crippen LogP contribution is 2.15. The van der Waals surface area contributed by atoms with Crippen LogP contribution in [0.15, 0.2) is 4.79 Å². The smallest absolute Gasteiger partial charge is 0.269 e. The Balaban J connectivity index is 3.04. The lowest BCUT2D eigenvalue weighted by atomic mass is 10.0. The zero-order valence-corrected chi connectivity index (χ0v) is 9.55. The van der Waals surface area contributed by atoms with Gasteiger partial charge in [0.15, 0.2) is 0 Å². The van der Waals surface area contributed by atoms with Crippen molar-refractivity contribution >= 4 is 0 Å². The molecule has 1 aromatic heterocycles. The molecule has 0 aliphatic rings. The Morgan fingerprint density at radius 3 is 2.57 bits per heavy atom. The minimum absolute atomic E-state index is 0.141. The summed E-state index contributed by atoms with van der Waals surface area (Å²) in [5, 5.41) is 3.13. The second kappa shape index (κ2) is 4.49. The number of nitrogens with zero attached hydrogens (tertiary/aromatic N) is 1. The van der Waals surface area contributed by atoms with Crippen LogP contribution in [-0.4, -0.2) is 9.78 Å². The molecule has 0 aromatic carbocycles. The number of aromatic amines is 1. The van der Waals surface area contributed by atoms with Crippen molar-refractivity contribution in [2.75, 3.05) is 0 Å². The first kappa shape index (κ1) is 11.1. The minimum atomic E-state index is 0.141. The number of rotatable bonds is 4. The van der Waals surface area contributed by atoms with Crippen molar-refractivity contribution in [2.45, 2.75) is 46.0 Å². The van der Waals surface area contributed by atoms with Gasteiger partial charge in [0.05, 0.1) is 0 Å². The Hall–Kier alpha value is -0.990. The Morgan fingerprint density at radius 2 is 2.07 bits per heavy atom. The van der Waals surface area contributed by atoms with Crippen LogP contribution in [0.4, 0.5) is 0 Å². The lowest BCUT2D eigenvalue weighted by molar-refractivity contribution is 0.697. The Morgan fingerprint density at radius 1 is 1.43 bits per heavy atom. The van der Waals surface area contributed by atoms with Crippen LogP contribution in [0.2, 0.25) is 0 Å². The summed E-state index contributed by atoms with van der Waals surface area (Å²) < 4.78 is 1.58. The van der Waals surface area contributed by atoms with E-state index in [9.17, 15) is 4.79 Å². The number of aromatic nitrogens is 2. The van der Waals surface area contributed by atoms with Gasteiger partial charge in [-0.25, -0.2) is 0 Å². The average Bonchev–Trinajstić information content (AvgIpc) is 2.41. The van der Waals surface area contributed by atoms with E-state index < -0.39 is 0 Å². The summed E-state index contributed by atoms with van der Waals surface area (Å²) in [7, 11) is 1.78. The van der Waals surface area contributed by atoms with Gasteiger partial charge in [0.2, 0.25) is 0 Å². The van der Waals surface area contributed by atoms with Gasteiger partial charge in [-0.1, -0.05) is 27.2 Å². The lowest BCUT2D eigenvalue weighted by Crippen LogP contribution is -2.15. The fraction of sp³-hybridized carbons (Fsp3) is 0.727. The standard InChI is InChI=1S/C11H20N2O/c1-5-6-7-9-10(8(2)3)12-13(4)11(9)14/h8,12H,5-7H2,1-4H3. The summed E-state index contributed by atoms with van der Waals surface area (Å²) in [6.07, 6.45) is 3.12. The summed E-state index contributed by atoms with van der Waals surface area (Å²) in [5.41, 5.74) is 2.22. The van der Waals surface area contributed by atoms with Crippen LogP contribution in [0.25, 0.3) is 0 Å². The summed E-state index contributed by atoms with van der Waals surface area (Å²) in [4.78, 5) is 11.7. The molecule has 3 nitrogen and oxygen atoms in total. The number of hydrogen-bond acceptors (Lipinski definition) is 1. The Kier molecular flexibility index (Phi) is 3.55. The Labute approximate surface area is 85.1 Å². The van der Waals surface area contributed by atoms with E-state index >= 15 is 0 Å². The van der Waals surface area contributed by atoms with E-state index in [1.165, 1.54) is 0 Å². The molecule has 1 N–H and O–H groups in total. The molecule has 1 aromatic rings. The molecule has 0 bridgehead atoms. The molecule has 0 aliphatic carbocycles. The van der Waals surface area contributed by atoms with Crippen LogP contribution in [0, 0.1) is 0 Å². The molecule has 0 atom stereocenters. The third-order valence-electron chi connectivity index (χ3n) is 2.53. The van der Waals surface area contributed by atoms with Gasteiger partial charge in [-0.2, -0.15) is 0 Å². The van der Waals surface area contributed by atoms with E-state index in [0.29, 0.717) is 5.92 Å². The van der Waals surface area contributed by atoms with Crippen molar-refractivity contribution in [1.82, 2.24) is 9.78 Å². The van der Waals surface area contributed by atoms with Crippen LogP contribution in [0.5, 0.6) is 0 Å². The number of unbranched alkanes of at least 4 members (excludes halogenated alkanes) is 1. The average molecular weight is 196 g/mol. The molecule has 0 fully saturated rings. The van der Waals surface area contributed by atoms with E-state index in [-0.39, 0.29) is 5.56 Å². The molecule has 80 valence electrons. The van der Waals surface area contributed by atoms with E-state index in [0.717, 1.165) is 30.5 Å². The molecular formula is C11H20N2O. The highest BCUT2D eigenvalue weighted by Gasteiger charge is 2.13. The van der Waals surface area contributed by atoms with Gasteiger partial charge in [-0.3, -0.25) is 14.6 Å². The van der Waals surface area contributed by atoms with Crippen LogP contribution >= 0.6 is 0 Å². The van der Waals surface area contributed by atoms with Crippen molar-refractivity contribution in [3.05, 3.63) is 21.6 Å². The highest BCUT2D eigenvalue weighted by atomic mass is 16.1. The maximum absolute atomic E-state index is 11.7. The summed E-state index contributed by atoms with van der Waals surface area (Å²) in [6, 6.07) is 0. The largest absolute Gasteiger partial charge is 0.299 e. The van der Waals surface area contributed by atoms with Crippen LogP contribution in [-0.2, 0) is 13.5 Å². The van der Waals surface area contributed by atoms with Gasteiger partial charge >= 0.3 is 0 Å². The fourth-order valence-electron chi connectivity index (χ4n) is 1.69. The minimum Gasteiger partial charge on any atom is -0.299 e. The molecule has 0 aliphatic heterocycles. The number of hydrogen-bond donors (Lipinski definition) is 1. The predicted octanol–water partition coefficient (Wildman–Crippen LogP) is 2.18. The monoisotopic (exact) mass is 196 g/mol. The highest BCUT2D eigenvalue weighted by molar-refractivity contribution is 5.20. The van der Waals surface area contributed by atoms with Crippen LogP contribution < -0.4 is 5.56 Å². The molecule has 1 heterocycles. The van der Waals surface area contributed by atoms with E-state index in [4.69, 9.17) is 0 Å². The normalized spacial score (nSPS) is 11.2. The number of aryl methyl sites for hydroxylation is 1. The summed E-state index contributed by atoms with van der Waals surface area (Å²) in [6.45, 7) is 6.37.